The zero-order chi connectivity index (χ0) is 17.5. The number of methoxy groups -OCH3 is 1. The van der Waals surface area contributed by atoms with E-state index in [4.69, 9.17) is 4.74 Å². The second-order valence-corrected chi connectivity index (χ2v) is 5.72. The molecule has 124 valence electrons. The van der Waals surface area contributed by atoms with Crippen molar-refractivity contribution < 1.29 is 14.3 Å². The molecule has 4 heteroatoms. The molecule has 1 N–H and O–H groups in total. The van der Waals surface area contributed by atoms with E-state index in [0.717, 1.165) is 11.8 Å². The highest BCUT2D eigenvalue weighted by atomic mass is 16.5. The Labute approximate surface area is 142 Å². The van der Waals surface area contributed by atoms with Crippen molar-refractivity contribution in [3.05, 3.63) is 65.2 Å². The summed E-state index contributed by atoms with van der Waals surface area (Å²) in [5.74, 6) is 0.691. The lowest BCUT2D eigenvalue weighted by molar-refractivity contribution is -0.111. The number of carbonyl (C=O) groups is 2. The molecule has 0 aliphatic carbocycles. The Hall–Kier alpha value is -2.88. The number of hydrogen-bond donors (Lipinski definition) is 1. The Bertz CT molecular complexity index is 746. The number of hydrogen-bond acceptors (Lipinski definition) is 3. The van der Waals surface area contributed by atoms with Gasteiger partial charge in [-0.15, -0.1) is 0 Å². The molecular formula is C20H21NO3. The van der Waals surface area contributed by atoms with Crippen LogP contribution >= 0.6 is 0 Å². The van der Waals surface area contributed by atoms with Gasteiger partial charge >= 0.3 is 0 Å². The predicted molar refractivity (Wildman–Crippen MR) is 96.6 cm³/mol. The van der Waals surface area contributed by atoms with E-state index >= 15 is 0 Å². The first-order valence-electron chi connectivity index (χ1n) is 7.75. The first-order chi connectivity index (χ1) is 11.5. The molecule has 0 fully saturated rings. The van der Waals surface area contributed by atoms with Crippen LogP contribution in [0.25, 0.3) is 6.08 Å². The highest BCUT2D eigenvalue weighted by Crippen LogP contribution is 2.25. The van der Waals surface area contributed by atoms with Crippen molar-refractivity contribution in [3.63, 3.8) is 0 Å². The van der Waals surface area contributed by atoms with Crippen LogP contribution in [0, 0.1) is 0 Å². The molecule has 0 radical (unpaired) electrons. The second-order valence-electron chi connectivity index (χ2n) is 5.72. The van der Waals surface area contributed by atoms with Crippen LogP contribution in [-0.2, 0) is 4.79 Å². The third-order valence-electron chi connectivity index (χ3n) is 3.65. The van der Waals surface area contributed by atoms with Crippen LogP contribution in [0.4, 0.5) is 5.69 Å². The van der Waals surface area contributed by atoms with Gasteiger partial charge in [-0.1, -0.05) is 38.1 Å². The molecule has 0 unspecified atom stereocenters. The number of aldehydes is 1. The van der Waals surface area contributed by atoms with E-state index in [-0.39, 0.29) is 5.91 Å². The van der Waals surface area contributed by atoms with Gasteiger partial charge < -0.3 is 10.1 Å². The molecule has 2 rings (SSSR count). The van der Waals surface area contributed by atoms with Crippen LogP contribution in [0.15, 0.2) is 48.5 Å². The van der Waals surface area contributed by atoms with Gasteiger partial charge in [0.25, 0.3) is 0 Å². The average Bonchev–Trinajstić information content (AvgIpc) is 2.60. The fraction of sp³-hybridized carbons (Fsp3) is 0.200. The first kappa shape index (κ1) is 17.5. The number of rotatable bonds is 6. The van der Waals surface area contributed by atoms with Gasteiger partial charge in [0.2, 0.25) is 5.91 Å². The molecule has 0 atom stereocenters. The van der Waals surface area contributed by atoms with Gasteiger partial charge in [0.15, 0.2) is 0 Å². The lowest BCUT2D eigenvalue weighted by Crippen LogP contribution is -2.09. The summed E-state index contributed by atoms with van der Waals surface area (Å²) in [6.07, 6.45) is 3.92. The Morgan fingerprint density at radius 2 is 1.75 bits per heavy atom. The molecule has 0 saturated heterocycles. The van der Waals surface area contributed by atoms with Gasteiger partial charge in [0, 0.05) is 11.6 Å². The molecule has 24 heavy (non-hydrogen) atoms. The lowest BCUT2D eigenvalue weighted by atomic mass is 10.0. The normalized spacial score (nSPS) is 10.8. The summed E-state index contributed by atoms with van der Waals surface area (Å²) < 4.78 is 5.19. The molecule has 2 aromatic carbocycles. The van der Waals surface area contributed by atoms with E-state index in [9.17, 15) is 9.59 Å². The number of ether oxygens (including phenoxy) is 1. The molecule has 1 amide bonds. The number of amides is 1. The topological polar surface area (TPSA) is 55.4 Å². The molecule has 0 heterocycles. The Kier molecular flexibility index (Phi) is 5.90. The minimum atomic E-state index is -0.288. The summed E-state index contributed by atoms with van der Waals surface area (Å²) in [5.41, 5.74) is 3.14. The summed E-state index contributed by atoms with van der Waals surface area (Å²) in [5, 5.41) is 2.73. The van der Waals surface area contributed by atoms with E-state index in [1.54, 1.807) is 24.3 Å². The zero-order valence-electron chi connectivity index (χ0n) is 14.1. The van der Waals surface area contributed by atoms with Crippen molar-refractivity contribution in [3.8, 4) is 5.75 Å². The minimum absolute atomic E-state index is 0.288. The van der Waals surface area contributed by atoms with E-state index in [2.05, 4.69) is 31.3 Å². The van der Waals surface area contributed by atoms with Crippen molar-refractivity contribution in [2.45, 2.75) is 19.8 Å². The Morgan fingerprint density at radius 3 is 2.33 bits per heavy atom. The largest absolute Gasteiger partial charge is 0.495 e. The van der Waals surface area contributed by atoms with Gasteiger partial charge in [-0.3, -0.25) is 9.59 Å². The number of carbonyl (C=O) groups excluding carboxylic acids is 2. The molecule has 0 aliphatic heterocycles. The summed E-state index contributed by atoms with van der Waals surface area (Å²) >= 11 is 0. The van der Waals surface area contributed by atoms with Crippen LogP contribution in [-0.4, -0.2) is 19.3 Å². The van der Waals surface area contributed by atoms with Crippen LogP contribution in [0.3, 0.4) is 0 Å². The van der Waals surface area contributed by atoms with Crippen molar-refractivity contribution in [2.24, 2.45) is 0 Å². The van der Waals surface area contributed by atoms with Crippen molar-refractivity contribution in [2.75, 3.05) is 12.4 Å². The molecule has 0 aliphatic rings. The standard InChI is InChI=1S/C20H21NO3/c1-14(2)17-8-4-15(5-9-17)7-11-20(23)21-18-12-16(13-22)6-10-19(18)24-3/h4-14H,1-3H3,(H,21,23)/b11-7+. The van der Waals surface area contributed by atoms with Gasteiger partial charge in [-0.25, -0.2) is 0 Å². The molecule has 2 aromatic rings. The predicted octanol–water partition coefficient (Wildman–Crippen LogP) is 4.28. The smallest absolute Gasteiger partial charge is 0.248 e. The van der Waals surface area contributed by atoms with Gasteiger partial charge in [0.05, 0.1) is 12.8 Å². The number of benzene rings is 2. The third-order valence-corrected chi connectivity index (χ3v) is 3.65. The third kappa shape index (κ3) is 4.56. The maximum absolute atomic E-state index is 12.1. The summed E-state index contributed by atoms with van der Waals surface area (Å²) in [6, 6.07) is 12.9. The van der Waals surface area contributed by atoms with Crippen LogP contribution < -0.4 is 10.1 Å². The Morgan fingerprint density at radius 1 is 1.08 bits per heavy atom. The maximum atomic E-state index is 12.1. The molecule has 0 bridgehead atoms. The molecular weight excluding hydrogens is 302 g/mol. The maximum Gasteiger partial charge on any atom is 0.248 e. The fourth-order valence-corrected chi connectivity index (χ4v) is 2.23. The number of anilines is 1. The highest BCUT2D eigenvalue weighted by Gasteiger charge is 2.06. The molecule has 4 nitrogen and oxygen atoms in total. The fourth-order valence-electron chi connectivity index (χ4n) is 2.23. The van der Waals surface area contributed by atoms with E-state index in [0.29, 0.717) is 22.9 Å². The van der Waals surface area contributed by atoms with Crippen molar-refractivity contribution in [1.29, 1.82) is 0 Å². The van der Waals surface area contributed by atoms with Crippen molar-refractivity contribution in [1.82, 2.24) is 0 Å². The molecule has 0 saturated carbocycles. The summed E-state index contributed by atoms with van der Waals surface area (Å²) in [6.45, 7) is 4.28. The van der Waals surface area contributed by atoms with Gasteiger partial charge in [0.1, 0.15) is 12.0 Å². The van der Waals surface area contributed by atoms with Gasteiger partial charge in [-0.2, -0.15) is 0 Å². The lowest BCUT2D eigenvalue weighted by Gasteiger charge is -2.09. The first-order valence-corrected chi connectivity index (χ1v) is 7.75. The molecule has 0 aromatic heterocycles. The second kappa shape index (κ2) is 8.11. The zero-order valence-corrected chi connectivity index (χ0v) is 14.1. The van der Waals surface area contributed by atoms with Crippen molar-refractivity contribution >= 4 is 24.0 Å². The van der Waals surface area contributed by atoms with Crippen LogP contribution in [0.5, 0.6) is 5.75 Å². The molecule has 0 spiro atoms. The number of nitrogens with one attached hydrogen (secondary N) is 1. The van der Waals surface area contributed by atoms with Crippen LogP contribution in [0.1, 0.15) is 41.3 Å². The van der Waals surface area contributed by atoms with Crippen LogP contribution in [0.2, 0.25) is 0 Å². The van der Waals surface area contributed by atoms with E-state index < -0.39 is 0 Å². The highest BCUT2D eigenvalue weighted by molar-refractivity contribution is 6.03. The SMILES string of the molecule is COc1ccc(C=O)cc1NC(=O)/C=C/c1ccc(C(C)C)cc1. The minimum Gasteiger partial charge on any atom is -0.495 e. The monoisotopic (exact) mass is 323 g/mol. The average molecular weight is 323 g/mol. The van der Waals surface area contributed by atoms with E-state index in [1.165, 1.54) is 18.7 Å². The Balaban J connectivity index is 2.08. The summed E-state index contributed by atoms with van der Waals surface area (Å²) in [7, 11) is 1.51. The van der Waals surface area contributed by atoms with E-state index in [1.807, 2.05) is 12.1 Å². The quantitative estimate of drug-likeness (QED) is 0.637. The van der Waals surface area contributed by atoms with Gasteiger partial charge in [-0.05, 0) is 41.3 Å². The summed E-state index contributed by atoms with van der Waals surface area (Å²) in [4.78, 5) is 22.9.